The normalized spacial score (nSPS) is 19.5. The van der Waals surface area contributed by atoms with E-state index >= 15 is 0 Å². The molecular formula is C13H22N2OS. The van der Waals surface area contributed by atoms with Gasteiger partial charge in [0.25, 0.3) is 0 Å². The van der Waals surface area contributed by atoms with Crippen LogP contribution in [0.1, 0.15) is 35.3 Å². The maximum atomic E-state index is 5.39. The fraction of sp³-hybridized carbons (Fsp3) is 0.769. The van der Waals surface area contributed by atoms with Gasteiger partial charge >= 0.3 is 0 Å². The molecule has 96 valence electrons. The molecule has 1 aromatic rings. The standard InChI is InChI=1S/C13H22N2OS/c1-9-11(3)17-13(15-9)8-14-10(2)12-4-6-16-7-5-12/h10,12,14H,4-8H2,1-3H3. The van der Waals surface area contributed by atoms with Crippen molar-refractivity contribution in [1.82, 2.24) is 10.3 Å². The van der Waals surface area contributed by atoms with Crippen molar-refractivity contribution < 1.29 is 4.74 Å². The van der Waals surface area contributed by atoms with Crippen LogP contribution in [0.25, 0.3) is 0 Å². The van der Waals surface area contributed by atoms with Crippen molar-refractivity contribution in [2.24, 2.45) is 5.92 Å². The number of ether oxygens (including phenoxy) is 1. The minimum Gasteiger partial charge on any atom is -0.381 e. The van der Waals surface area contributed by atoms with Crippen molar-refractivity contribution in [2.45, 2.75) is 46.2 Å². The lowest BCUT2D eigenvalue weighted by Crippen LogP contribution is -2.36. The largest absolute Gasteiger partial charge is 0.381 e. The van der Waals surface area contributed by atoms with Crippen LogP contribution in [-0.4, -0.2) is 24.2 Å². The molecule has 2 rings (SSSR count). The van der Waals surface area contributed by atoms with Gasteiger partial charge in [0, 0.05) is 30.7 Å². The first kappa shape index (κ1) is 13.0. The van der Waals surface area contributed by atoms with Crippen molar-refractivity contribution in [1.29, 1.82) is 0 Å². The van der Waals surface area contributed by atoms with Crippen molar-refractivity contribution >= 4 is 11.3 Å². The molecule has 1 saturated heterocycles. The molecule has 0 aliphatic carbocycles. The Balaban J connectivity index is 1.80. The molecular weight excluding hydrogens is 232 g/mol. The third-order valence-corrected chi connectivity index (χ3v) is 4.69. The number of thiazole rings is 1. The third kappa shape index (κ3) is 3.50. The molecule has 2 heterocycles. The monoisotopic (exact) mass is 254 g/mol. The van der Waals surface area contributed by atoms with E-state index in [1.807, 2.05) is 0 Å². The molecule has 1 fully saturated rings. The summed E-state index contributed by atoms with van der Waals surface area (Å²) in [6.45, 7) is 9.25. The first-order valence-corrected chi connectivity index (χ1v) is 7.22. The maximum Gasteiger partial charge on any atom is 0.107 e. The summed E-state index contributed by atoms with van der Waals surface area (Å²) in [6, 6.07) is 0.559. The Kier molecular flexibility index (Phi) is 4.54. The Hall–Kier alpha value is -0.450. The van der Waals surface area contributed by atoms with Gasteiger partial charge in [0.2, 0.25) is 0 Å². The van der Waals surface area contributed by atoms with Crippen LogP contribution in [0.15, 0.2) is 0 Å². The van der Waals surface area contributed by atoms with E-state index in [1.165, 1.54) is 28.4 Å². The molecule has 17 heavy (non-hydrogen) atoms. The highest BCUT2D eigenvalue weighted by molar-refractivity contribution is 7.11. The number of rotatable bonds is 4. The first-order valence-electron chi connectivity index (χ1n) is 6.41. The van der Waals surface area contributed by atoms with E-state index in [0.29, 0.717) is 6.04 Å². The summed E-state index contributed by atoms with van der Waals surface area (Å²) in [6.07, 6.45) is 2.37. The van der Waals surface area contributed by atoms with Crippen LogP contribution in [0.3, 0.4) is 0 Å². The van der Waals surface area contributed by atoms with Gasteiger partial charge in [-0.15, -0.1) is 11.3 Å². The second-order valence-corrected chi connectivity index (χ2v) is 6.16. The Morgan fingerprint density at radius 2 is 2.12 bits per heavy atom. The Morgan fingerprint density at radius 3 is 2.71 bits per heavy atom. The molecule has 0 radical (unpaired) electrons. The van der Waals surface area contributed by atoms with Gasteiger partial charge in [-0.25, -0.2) is 4.98 Å². The first-order chi connectivity index (χ1) is 8.16. The zero-order chi connectivity index (χ0) is 12.3. The molecule has 1 atom stereocenters. The molecule has 0 bridgehead atoms. The third-order valence-electron chi connectivity index (χ3n) is 3.62. The predicted octanol–water partition coefficient (Wildman–Crippen LogP) is 2.66. The van der Waals surface area contributed by atoms with Crippen LogP contribution in [0.2, 0.25) is 0 Å². The van der Waals surface area contributed by atoms with E-state index in [9.17, 15) is 0 Å². The molecule has 3 nitrogen and oxygen atoms in total. The number of aryl methyl sites for hydroxylation is 2. The van der Waals surface area contributed by atoms with Gasteiger partial charge in [0.15, 0.2) is 0 Å². The number of nitrogens with one attached hydrogen (secondary N) is 1. The molecule has 1 unspecified atom stereocenters. The van der Waals surface area contributed by atoms with E-state index < -0.39 is 0 Å². The van der Waals surface area contributed by atoms with Gasteiger partial charge < -0.3 is 10.1 Å². The average Bonchev–Trinajstić information content (AvgIpc) is 2.67. The number of hydrogen-bond donors (Lipinski definition) is 1. The van der Waals surface area contributed by atoms with Gasteiger partial charge in [-0.1, -0.05) is 0 Å². The molecule has 0 amide bonds. The zero-order valence-corrected chi connectivity index (χ0v) is 11.8. The van der Waals surface area contributed by atoms with E-state index in [1.54, 1.807) is 11.3 Å². The van der Waals surface area contributed by atoms with E-state index in [0.717, 1.165) is 25.7 Å². The lowest BCUT2D eigenvalue weighted by Gasteiger charge is -2.28. The molecule has 0 spiro atoms. The quantitative estimate of drug-likeness (QED) is 0.897. The van der Waals surface area contributed by atoms with E-state index in [-0.39, 0.29) is 0 Å². The molecule has 0 aromatic carbocycles. The van der Waals surface area contributed by atoms with Crippen LogP contribution in [0, 0.1) is 19.8 Å². The van der Waals surface area contributed by atoms with Crippen LogP contribution in [-0.2, 0) is 11.3 Å². The Morgan fingerprint density at radius 1 is 1.41 bits per heavy atom. The van der Waals surface area contributed by atoms with E-state index in [2.05, 4.69) is 31.1 Å². The van der Waals surface area contributed by atoms with Gasteiger partial charge in [0.05, 0.1) is 5.69 Å². The smallest absolute Gasteiger partial charge is 0.107 e. The van der Waals surface area contributed by atoms with Crippen molar-refractivity contribution in [3.8, 4) is 0 Å². The molecule has 1 aliphatic heterocycles. The highest BCUT2D eigenvalue weighted by Crippen LogP contribution is 2.20. The summed E-state index contributed by atoms with van der Waals surface area (Å²) in [5, 5.41) is 4.81. The fourth-order valence-electron chi connectivity index (χ4n) is 2.25. The highest BCUT2D eigenvalue weighted by atomic mass is 32.1. The Labute approximate surface area is 108 Å². The summed E-state index contributed by atoms with van der Waals surface area (Å²) >= 11 is 1.80. The van der Waals surface area contributed by atoms with Crippen molar-refractivity contribution in [2.75, 3.05) is 13.2 Å². The summed E-state index contributed by atoms with van der Waals surface area (Å²) < 4.78 is 5.39. The second-order valence-electron chi connectivity index (χ2n) is 4.87. The van der Waals surface area contributed by atoms with Crippen LogP contribution in [0.4, 0.5) is 0 Å². The highest BCUT2D eigenvalue weighted by Gasteiger charge is 2.20. The minimum atomic E-state index is 0.559. The number of hydrogen-bond acceptors (Lipinski definition) is 4. The maximum absolute atomic E-state index is 5.39. The molecule has 4 heteroatoms. The minimum absolute atomic E-state index is 0.559. The molecule has 1 N–H and O–H groups in total. The lowest BCUT2D eigenvalue weighted by molar-refractivity contribution is 0.0558. The van der Waals surface area contributed by atoms with Gasteiger partial charge in [0.1, 0.15) is 5.01 Å². The zero-order valence-electron chi connectivity index (χ0n) is 11.0. The lowest BCUT2D eigenvalue weighted by atomic mass is 9.93. The van der Waals surface area contributed by atoms with Gasteiger partial charge in [-0.2, -0.15) is 0 Å². The second kappa shape index (κ2) is 5.94. The summed E-state index contributed by atoms with van der Waals surface area (Å²) in [5.74, 6) is 0.755. The summed E-state index contributed by atoms with van der Waals surface area (Å²) in [4.78, 5) is 5.89. The SMILES string of the molecule is Cc1nc(CNC(C)C2CCOCC2)sc1C. The van der Waals surface area contributed by atoms with Gasteiger partial charge in [-0.3, -0.25) is 0 Å². The average molecular weight is 254 g/mol. The van der Waals surface area contributed by atoms with E-state index in [4.69, 9.17) is 4.74 Å². The molecule has 0 saturated carbocycles. The number of aromatic nitrogens is 1. The topological polar surface area (TPSA) is 34.2 Å². The predicted molar refractivity (Wildman–Crippen MR) is 71.4 cm³/mol. The van der Waals surface area contributed by atoms with Crippen molar-refractivity contribution in [3.05, 3.63) is 15.6 Å². The van der Waals surface area contributed by atoms with Crippen LogP contribution < -0.4 is 5.32 Å². The Bertz CT molecular complexity index is 339. The molecule has 1 aromatic heterocycles. The van der Waals surface area contributed by atoms with Crippen molar-refractivity contribution in [3.63, 3.8) is 0 Å². The number of nitrogens with zero attached hydrogens (tertiary/aromatic N) is 1. The van der Waals surface area contributed by atoms with Crippen LogP contribution in [0.5, 0.6) is 0 Å². The summed E-state index contributed by atoms with van der Waals surface area (Å²) in [5.41, 5.74) is 1.17. The fourth-order valence-corrected chi connectivity index (χ4v) is 3.13. The summed E-state index contributed by atoms with van der Waals surface area (Å²) in [7, 11) is 0. The van der Waals surface area contributed by atoms with Gasteiger partial charge in [-0.05, 0) is 39.5 Å². The van der Waals surface area contributed by atoms with Crippen LogP contribution >= 0.6 is 11.3 Å². The molecule has 1 aliphatic rings.